The van der Waals surface area contributed by atoms with E-state index in [0.29, 0.717) is 19.6 Å². The topological polar surface area (TPSA) is 57.7 Å². The average Bonchev–Trinajstić information content (AvgIpc) is 3.00. The predicted octanol–water partition coefficient (Wildman–Crippen LogP) is 1.53. The van der Waals surface area contributed by atoms with Crippen LogP contribution in [0.5, 0.6) is 0 Å². The highest BCUT2D eigenvalue weighted by atomic mass is 32.2. The van der Waals surface area contributed by atoms with Gasteiger partial charge in [-0.3, -0.25) is 4.79 Å². The van der Waals surface area contributed by atoms with E-state index in [4.69, 9.17) is 0 Å². The highest BCUT2D eigenvalue weighted by molar-refractivity contribution is 7.88. The van der Waals surface area contributed by atoms with Gasteiger partial charge in [0.25, 0.3) is 0 Å². The van der Waals surface area contributed by atoms with Gasteiger partial charge in [-0.05, 0) is 30.7 Å². The number of thiophene rings is 1. The third-order valence-electron chi connectivity index (χ3n) is 4.34. The second kappa shape index (κ2) is 4.82. The van der Waals surface area contributed by atoms with Gasteiger partial charge in [0.2, 0.25) is 15.9 Å². The molecule has 1 unspecified atom stereocenters. The van der Waals surface area contributed by atoms with E-state index >= 15 is 0 Å². The van der Waals surface area contributed by atoms with Crippen LogP contribution in [0, 0.1) is 5.41 Å². The Morgan fingerprint density at radius 2 is 2.10 bits per heavy atom. The van der Waals surface area contributed by atoms with Crippen LogP contribution >= 0.6 is 11.3 Å². The molecule has 0 N–H and O–H groups in total. The van der Waals surface area contributed by atoms with Gasteiger partial charge in [-0.2, -0.15) is 11.3 Å². The van der Waals surface area contributed by atoms with Crippen molar-refractivity contribution in [1.29, 1.82) is 0 Å². The molecule has 0 aliphatic carbocycles. The van der Waals surface area contributed by atoms with Gasteiger partial charge in [-0.1, -0.05) is 0 Å². The molecular formula is C13H18N2O3S2. The molecule has 0 radical (unpaired) electrons. The summed E-state index contributed by atoms with van der Waals surface area (Å²) in [4.78, 5) is 14.6. The molecule has 2 aliphatic heterocycles. The van der Waals surface area contributed by atoms with Crippen LogP contribution < -0.4 is 4.90 Å². The average molecular weight is 314 g/mol. The Morgan fingerprint density at radius 1 is 1.30 bits per heavy atom. The fourth-order valence-electron chi connectivity index (χ4n) is 3.23. The van der Waals surface area contributed by atoms with Gasteiger partial charge < -0.3 is 4.90 Å². The number of hydrogen-bond acceptors (Lipinski definition) is 4. The summed E-state index contributed by atoms with van der Waals surface area (Å²) in [5, 5.41) is 3.92. The summed E-state index contributed by atoms with van der Waals surface area (Å²) in [6, 6.07) is 1.94. The van der Waals surface area contributed by atoms with Crippen LogP contribution in [0.3, 0.4) is 0 Å². The maximum absolute atomic E-state index is 12.8. The van der Waals surface area contributed by atoms with Crippen LogP contribution in [-0.2, 0) is 14.8 Å². The van der Waals surface area contributed by atoms with Crippen LogP contribution in [0.4, 0.5) is 5.69 Å². The van der Waals surface area contributed by atoms with Gasteiger partial charge in [0.1, 0.15) is 0 Å². The fraction of sp³-hybridized carbons (Fsp3) is 0.615. The Kier molecular flexibility index (Phi) is 3.38. The lowest BCUT2D eigenvalue weighted by atomic mass is 9.79. The van der Waals surface area contributed by atoms with Gasteiger partial charge in [-0.15, -0.1) is 0 Å². The molecule has 1 spiro atoms. The minimum Gasteiger partial charge on any atom is -0.311 e. The number of hydrogen-bond donors (Lipinski definition) is 0. The van der Waals surface area contributed by atoms with Crippen molar-refractivity contribution in [3.05, 3.63) is 16.8 Å². The molecule has 1 amide bonds. The Balaban J connectivity index is 1.85. The fourth-order valence-corrected chi connectivity index (χ4v) is 4.81. The second-order valence-electron chi connectivity index (χ2n) is 5.67. The molecule has 110 valence electrons. The molecule has 1 aromatic heterocycles. The number of carbonyl (C=O) groups excluding carboxylic acids is 1. The lowest BCUT2D eigenvalue weighted by Gasteiger charge is -2.37. The third-order valence-corrected chi connectivity index (χ3v) is 6.26. The van der Waals surface area contributed by atoms with Crippen molar-refractivity contribution >= 4 is 33.0 Å². The first-order valence-corrected chi connectivity index (χ1v) is 9.51. The van der Waals surface area contributed by atoms with Crippen LogP contribution in [0.2, 0.25) is 0 Å². The quantitative estimate of drug-likeness (QED) is 0.832. The molecule has 1 atom stereocenters. The van der Waals surface area contributed by atoms with Crippen LogP contribution in [0.15, 0.2) is 16.8 Å². The van der Waals surface area contributed by atoms with E-state index in [1.807, 2.05) is 21.7 Å². The van der Waals surface area contributed by atoms with Crippen molar-refractivity contribution in [2.75, 3.05) is 30.8 Å². The summed E-state index contributed by atoms with van der Waals surface area (Å²) < 4.78 is 25.0. The number of sulfonamides is 1. The lowest BCUT2D eigenvalue weighted by Crippen LogP contribution is -2.49. The van der Waals surface area contributed by atoms with Gasteiger partial charge in [0.05, 0.1) is 17.4 Å². The normalized spacial score (nSPS) is 28.4. The first-order valence-electron chi connectivity index (χ1n) is 6.72. The molecule has 7 heteroatoms. The molecule has 0 bridgehead atoms. The number of anilines is 1. The largest absolute Gasteiger partial charge is 0.311 e. The zero-order valence-corrected chi connectivity index (χ0v) is 13.0. The maximum Gasteiger partial charge on any atom is 0.234 e. The standard InChI is InChI=1S/C13H18N2O3S2/c1-20(17,18)14-6-2-4-13(10-14)5-7-15(12(13)16)11-3-8-19-9-11/h3,8-9H,2,4-7,10H2,1H3. The highest BCUT2D eigenvalue weighted by Gasteiger charge is 2.50. The van der Waals surface area contributed by atoms with Crippen LogP contribution in [0.25, 0.3) is 0 Å². The number of piperidine rings is 1. The van der Waals surface area contributed by atoms with Crippen molar-refractivity contribution in [3.63, 3.8) is 0 Å². The SMILES string of the molecule is CS(=O)(=O)N1CCCC2(CCN(c3ccsc3)C2=O)C1. The molecule has 2 saturated heterocycles. The molecule has 3 heterocycles. The molecule has 2 aliphatic rings. The number of carbonyl (C=O) groups is 1. The Morgan fingerprint density at radius 3 is 2.75 bits per heavy atom. The molecular weight excluding hydrogens is 296 g/mol. The summed E-state index contributed by atoms with van der Waals surface area (Å²) in [6.07, 6.45) is 3.52. The minimum absolute atomic E-state index is 0.0873. The molecule has 0 aromatic carbocycles. The van der Waals surface area contributed by atoms with Gasteiger partial charge in [0.15, 0.2) is 0 Å². The van der Waals surface area contributed by atoms with Crippen molar-refractivity contribution < 1.29 is 13.2 Å². The smallest absolute Gasteiger partial charge is 0.234 e. The van der Waals surface area contributed by atoms with Gasteiger partial charge >= 0.3 is 0 Å². The first kappa shape index (κ1) is 14.0. The van der Waals surface area contributed by atoms with Crippen molar-refractivity contribution in [2.45, 2.75) is 19.3 Å². The first-order chi connectivity index (χ1) is 9.42. The third kappa shape index (κ3) is 2.27. The number of rotatable bonds is 2. The zero-order chi connectivity index (χ0) is 14.4. The summed E-state index contributed by atoms with van der Waals surface area (Å²) in [5.41, 5.74) is 0.428. The molecule has 20 heavy (non-hydrogen) atoms. The molecule has 2 fully saturated rings. The van der Waals surface area contributed by atoms with E-state index in [-0.39, 0.29) is 5.91 Å². The Hall–Kier alpha value is -0.920. The van der Waals surface area contributed by atoms with E-state index in [2.05, 4.69) is 0 Å². The van der Waals surface area contributed by atoms with E-state index < -0.39 is 15.4 Å². The zero-order valence-electron chi connectivity index (χ0n) is 11.4. The predicted molar refractivity (Wildman–Crippen MR) is 79.4 cm³/mol. The highest BCUT2D eigenvalue weighted by Crippen LogP contribution is 2.42. The van der Waals surface area contributed by atoms with Crippen LogP contribution in [0.1, 0.15) is 19.3 Å². The van der Waals surface area contributed by atoms with Crippen LogP contribution in [-0.4, -0.2) is 44.5 Å². The van der Waals surface area contributed by atoms with E-state index in [1.54, 1.807) is 11.3 Å². The summed E-state index contributed by atoms with van der Waals surface area (Å²) in [6.45, 7) is 1.56. The van der Waals surface area contributed by atoms with Gasteiger partial charge in [-0.25, -0.2) is 12.7 Å². The number of nitrogens with zero attached hydrogens (tertiary/aromatic N) is 2. The van der Waals surface area contributed by atoms with E-state index in [0.717, 1.165) is 24.9 Å². The summed E-state index contributed by atoms with van der Waals surface area (Å²) >= 11 is 1.57. The van der Waals surface area contributed by atoms with Crippen molar-refractivity contribution in [2.24, 2.45) is 5.41 Å². The van der Waals surface area contributed by atoms with Gasteiger partial charge in [0, 0.05) is 25.0 Å². The van der Waals surface area contributed by atoms with Crippen molar-refractivity contribution in [1.82, 2.24) is 4.31 Å². The maximum atomic E-state index is 12.8. The monoisotopic (exact) mass is 314 g/mol. The summed E-state index contributed by atoms with van der Waals surface area (Å²) in [7, 11) is -3.22. The Labute approximate surface area is 123 Å². The summed E-state index contributed by atoms with van der Waals surface area (Å²) in [5.74, 6) is 0.0873. The molecule has 1 aromatic rings. The van der Waals surface area contributed by atoms with E-state index in [1.165, 1.54) is 10.6 Å². The Bertz CT molecular complexity index is 612. The molecule has 0 saturated carbocycles. The second-order valence-corrected chi connectivity index (χ2v) is 8.43. The minimum atomic E-state index is -3.22. The van der Waals surface area contributed by atoms with Crippen molar-refractivity contribution in [3.8, 4) is 0 Å². The van der Waals surface area contributed by atoms with E-state index in [9.17, 15) is 13.2 Å². The lowest BCUT2D eigenvalue weighted by molar-refractivity contribution is -0.127. The molecule has 5 nitrogen and oxygen atoms in total. The number of amides is 1. The molecule has 3 rings (SSSR count).